The second kappa shape index (κ2) is 15.6. The predicted molar refractivity (Wildman–Crippen MR) is 168 cm³/mol. The topological polar surface area (TPSA) is 83.0 Å². The highest BCUT2D eigenvalue weighted by Gasteiger charge is 2.34. The fourth-order valence-electron chi connectivity index (χ4n) is 5.27. The molecule has 2 unspecified atom stereocenters. The first-order valence-corrected chi connectivity index (χ1v) is 14.7. The van der Waals surface area contributed by atoms with Gasteiger partial charge in [0.15, 0.2) is 0 Å². The predicted octanol–water partition coefficient (Wildman–Crippen LogP) is 7.65. The summed E-state index contributed by atoms with van der Waals surface area (Å²) in [7, 11) is 1.80. The van der Waals surface area contributed by atoms with Crippen molar-refractivity contribution in [2.24, 2.45) is 10.9 Å². The summed E-state index contributed by atoms with van der Waals surface area (Å²) in [5, 5.41) is 5.35. The molecule has 1 fully saturated rings. The zero-order chi connectivity index (χ0) is 32.4. The van der Waals surface area contributed by atoms with Gasteiger partial charge in [-0.25, -0.2) is 4.39 Å². The second-order valence-electron chi connectivity index (χ2n) is 10.9. The molecule has 0 aliphatic carbocycles. The van der Waals surface area contributed by atoms with Crippen molar-refractivity contribution in [2.75, 3.05) is 37.4 Å². The first-order chi connectivity index (χ1) is 21.5. The third-order valence-electron chi connectivity index (χ3n) is 7.70. The SMILES string of the molecule is C=Nc1ccccc1NC(=O)/C=C/c1ccc(C(C(=O)Nc2ccc(C(F)(F)F)c(F)c2)N(C)CCC2CCCOCC2)cc1. The van der Waals surface area contributed by atoms with Crippen LogP contribution in [0.25, 0.3) is 6.08 Å². The maximum atomic E-state index is 14.2. The van der Waals surface area contributed by atoms with Crippen molar-refractivity contribution in [2.45, 2.75) is 37.9 Å². The second-order valence-corrected chi connectivity index (χ2v) is 10.9. The Morgan fingerprint density at radius 1 is 1.07 bits per heavy atom. The summed E-state index contributed by atoms with van der Waals surface area (Å²) < 4.78 is 58.9. The van der Waals surface area contributed by atoms with Gasteiger partial charge in [-0.05, 0) is 99.4 Å². The molecule has 0 bridgehead atoms. The van der Waals surface area contributed by atoms with E-state index in [2.05, 4.69) is 22.3 Å². The first kappa shape index (κ1) is 33.5. The lowest BCUT2D eigenvalue weighted by Gasteiger charge is -2.29. The number of para-hydroxylation sites is 2. The van der Waals surface area contributed by atoms with Crippen molar-refractivity contribution in [3.63, 3.8) is 0 Å². The summed E-state index contributed by atoms with van der Waals surface area (Å²) in [6.45, 7) is 5.52. The number of aliphatic imine (C=N–C) groups is 1. The van der Waals surface area contributed by atoms with E-state index in [1.807, 2.05) is 4.90 Å². The molecule has 4 rings (SSSR count). The van der Waals surface area contributed by atoms with Crippen LogP contribution in [-0.2, 0) is 20.5 Å². The van der Waals surface area contributed by atoms with E-state index in [0.29, 0.717) is 53.7 Å². The van der Waals surface area contributed by atoms with Crippen LogP contribution in [0.2, 0.25) is 0 Å². The Morgan fingerprint density at radius 2 is 1.82 bits per heavy atom. The molecule has 2 amide bonds. The van der Waals surface area contributed by atoms with Crippen molar-refractivity contribution in [3.05, 3.63) is 95.3 Å². The molecule has 1 heterocycles. The Morgan fingerprint density at radius 3 is 2.53 bits per heavy atom. The lowest BCUT2D eigenvalue weighted by molar-refractivity contribution is -0.140. The van der Waals surface area contributed by atoms with E-state index in [1.54, 1.807) is 61.7 Å². The van der Waals surface area contributed by atoms with Gasteiger partial charge in [0.25, 0.3) is 0 Å². The van der Waals surface area contributed by atoms with Crippen LogP contribution in [0.1, 0.15) is 48.4 Å². The number of amides is 2. The minimum atomic E-state index is -4.84. The number of carbonyl (C=O) groups is 2. The lowest BCUT2D eigenvalue weighted by Crippen LogP contribution is -2.36. The number of ether oxygens (including phenoxy) is 1. The van der Waals surface area contributed by atoms with Gasteiger partial charge in [0.05, 0.1) is 16.9 Å². The minimum Gasteiger partial charge on any atom is -0.381 e. The lowest BCUT2D eigenvalue weighted by atomic mass is 9.96. The molecule has 238 valence electrons. The number of hydrogen-bond donors (Lipinski definition) is 2. The zero-order valence-corrected chi connectivity index (χ0v) is 24.9. The molecular weight excluding hydrogens is 588 g/mol. The highest BCUT2D eigenvalue weighted by Crippen LogP contribution is 2.33. The van der Waals surface area contributed by atoms with Crippen LogP contribution in [0.15, 0.2) is 77.8 Å². The number of benzene rings is 3. The molecule has 0 saturated carbocycles. The fourth-order valence-corrected chi connectivity index (χ4v) is 5.27. The first-order valence-electron chi connectivity index (χ1n) is 14.7. The van der Waals surface area contributed by atoms with Crippen LogP contribution in [0.4, 0.5) is 34.6 Å². The van der Waals surface area contributed by atoms with Crippen molar-refractivity contribution in [3.8, 4) is 0 Å². The molecule has 3 aromatic carbocycles. The molecule has 2 atom stereocenters. The molecule has 0 radical (unpaired) electrons. The minimum absolute atomic E-state index is 0.0800. The molecule has 45 heavy (non-hydrogen) atoms. The molecule has 2 N–H and O–H groups in total. The number of anilines is 2. The Bertz CT molecular complexity index is 1500. The monoisotopic (exact) mass is 624 g/mol. The molecule has 0 spiro atoms. The van der Waals surface area contributed by atoms with Gasteiger partial charge in [-0.15, -0.1) is 0 Å². The van der Waals surface area contributed by atoms with Gasteiger partial charge in [0.2, 0.25) is 11.8 Å². The molecule has 11 heteroatoms. The summed E-state index contributed by atoms with van der Waals surface area (Å²) in [6.07, 6.45) is 1.92. The van der Waals surface area contributed by atoms with E-state index in [9.17, 15) is 27.2 Å². The molecule has 1 aliphatic heterocycles. The summed E-state index contributed by atoms with van der Waals surface area (Å²) in [5.74, 6) is -1.90. The van der Waals surface area contributed by atoms with E-state index >= 15 is 0 Å². The maximum Gasteiger partial charge on any atom is 0.419 e. The summed E-state index contributed by atoms with van der Waals surface area (Å²) in [6, 6.07) is 15.5. The number of alkyl halides is 3. The van der Waals surface area contributed by atoms with E-state index in [0.717, 1.165) is 38.4 Å². The number of rotatable bonds is 11. The van der Waals surface area contributed by atoms with Gasteiger partial charge in [-0.3, -0.25) is 19.5 Å². The molecule has 1 aliphatic rings. The van der Waals surface area contributed by atoms with Gasteiger partial charge in [0, 0.05) is 25.0 Å². The largest absolute Gasteiger partial charge is 0.419 e. The average molecular weight is 625 g/mol. The van der Waals surface area contributed by atoms with Gasteiger partial charge < -0.3 is 15.4 Å². The zero-order valence-electron chi connectivity index (χ0n) is 24.9. The Labute approximate surface area is 260 Å². The quantitative estimate of drug-likeness (QED) is 0.131. The molecule has 7 nitrogen and oxygen atoms in total. The summed E-state index contributed by atoms with van der Waals surface area (Å²) in [4.78, 5) is 31.8. The van der Waals surface area contributed by atoms with Crippen LogP contribution >= 0.6 is 0 Å². The normalized spacial score (nSPS) is 16.3. The number of hydrogen-bond acceptors (Lipinski definition) is 5. The maximum absolute atomic E-state index is 14.2. The summed E-state index contributed by atoms with van der Waals surface area (Å²) >= 11 is 0. The third kappa shape index (κ3) is 9.57. The highest BCUT2D eigenvalue weighted by molar-refractivity contribution is 6.03. The van der Waals surface area contributed by atoms with Crippen LogP contribution < -0.4 is 10.6 Å². The number of likely N-dealkylation sites (N-methyl/N-ethyl adjacent to an activating group) is 1. The van der Waals surface area contributed by atoms with Crippen molar-refractivity contribution < 1.29 is 31.9 Å². The molecule has 3 aromatic rings. The van der Waals surface area contributed by atoms with Crippen molar-refractivity contribution in [1.82, 2.24) is 4.90 Å². The van der Waals surface area contributed by atoms with Crippen LogP contribution in [0, 0.1) is 11.7 Å². The average Bonchev–Trinajstić information content (AvgIpc) is 3.28. The van der Waals surface area contributed by atoms with E-state index in [1.165, 1.54) is 6.08 Å². The standard InChI is InChI=1S/C34H36F4N4O3/c1-39-29-7-3-4-8-30(29)41-31(43)16-11-24-9-12-25(13-10-24)32(42(2)19-17-23-6-5-20-45-21-18-23)33(44)40-26-14-15-27(28(35)22-26)34(36,37)38/h3-4,7-16,22-23,32H,1,5-6,17-21H2,2H3,(H,40,44)(H,41,43)/b16-11+. The Balaban J connectivity index is 1.50. The van der Waals surface area contributed by atoms with E-state index in [4.69, 9.17) is 4.74 Å². The van der Waals surface area contributed by atoms with Crippen molar-refractivity contribution >= 4 is 41.7 Å². The van der Waals surface area contributed by atoms with Crippen LogP contribution in [0.5, 0.6) is 0 Å². The number of halogens is 4. The smallest absolute Gasteiger partial charge is 0.381 e. The van der Waals surface area contributed by atoms with Crippen molar-refractivity contribution in [1.29, 1.82) is 0 Å². The number of nitrogens with zero attached hydrogens (tertiary/aromatic N) is 2. The van der Waals surface area contributed by atoms with Gasteiger partial charge in [-0.2, -0.15) is 13.2 Å². The van der Waals surface area contributed by atoms with Crippen LogP contribution in [-0.4, -0.2) is 50.2 Å². The Hall–Kier alpha value is -4.35. The third-order valence-corrected chi connectivity index (χ3v) is 7.70. The Kier molecular flexibility index (Phi) is 11.6. The fraction of sp³-hybridized carbons (Fsp3) is 0.324. The van der Waals surface area contributed by atoms with Gasteiger partial charge in [-0.1, -0.05) is 36.4 Å². The van der Waals surface area contributed by atoms with Gasteiger partial charge >= 0.3 is 6.18 Å². The van der Waals surface area contributed by atoms with Gasteiger partial charge in [0.1, 0.15) is 11.9 Å². The summed E-state index contributed by atoms with van der Waals surface area (Å²) in [5.41, 5.74) is 0.916. The molecule has 0 aromatic heterocycles. The number of carbonyl (C=O) groups excluding carboxylic acids is 2. The number of nitrogens with one attached hydrogen (secondary N) is 2. The van der Waals surface area contributed by atoms with E-state index < -0.39 is 29.5 Å². The highest BCUT2D eigenvalue weighted by atomic mass is 19.4. The molecular formula is C34H36F4N4O3. The van der Waals surface area contributed by atoms with Crippen LogP contribution in [0.3, 0.4) is 0 Å². The molecule has 1 saturated heterocycles. The van der Waals surface area contributed by atoms with E-state index in [-0.39, 0.29) is 11.6 Å².